The molecule has 2 aromatic rings. The lowest BCUT2D eigenvalue weighted by Gasteiger charge is -2.23. The van der Waals surface area contributed by atoms with Gasteiger partial charge < -0.3 is 25.6 Å². The fourth-order valence-electron chi connectivity index (χ4n) is 3.84. The Hall–Kier alpha value is -3.98. The number of ether oxygens (including phenoxy) is 1. The summed E-state index contributed by atoms with van der Waals surface area (Å²) in [7, 11) is 0. The van der Waals surface area contributed by atoms with Crippen LogP contribution in [-0.4, -0.2) is 46.2 Å². The lowest BCUT2D eigenvalue weighted by molar-refractivity contribution is -0.140. The number of aliphatic carboxylic acids is 1. The maximum absolute atomic E-state index is 13.5. The summed E-state index contributed by atoms with van der Waals surface area (Å²) in [6.07, 6.45) is 1.74. The van der Waals surface area contributed by atoms with E-state index < -0.39 is 35.9 Å². The van der Waals surface area contributed by atoms with Crippen LogP contribution in [0.1, 0.15) is 35.3 Å². The van der Waals surface area contributed by atoms with Gasteiger partial charge in [-0.2, -0.15) is 0 Å². The molecule has 2 aliphatic heterocycles. The Kier molecular flexibility index (Phi) is 5.51. The molecule has 4 rings (SSSR count). The average Bonchev–Trinajstić information content (AvgIpc) is 3.25. The Morgan fingerprint density at radius 2 is 1.88 bits per heavy atom. The summed E-state index contributed by atoms with van der Waals surface area (Å²) in [6.45, 7) is 2.95. The molecule has 8 nitrogen and oxygen atoms in total. The second-order valence-electron chi connectivity index (χ2n) is 8.18. The highest BCUT2D eigenvalue weighted by molar-refractivity contribution is 6.32. The van der Waals surface area contributed by atoms with Crippen molar-refractivity contribution in [3.8, 4) is 0 Å². The second-order valence-corrected chi connectivity index (χ2v) is 8.18. The molecule has 2 aromatic carbocycles. The minimum atomic E-state index is -1.40. The number of carbonyl (C=O) groups is 3. The second kappa shape index (κ2) is 8.18. The zero-order valence-corrected chi connectivity index (χ0v) is 17.8. The van der Waals surface area contributed by atoms with Crippen molar-refractivity contribution in [2.24, 2.45) is 0 Å². The molecule has 0 aliphatic carbocycles. The Labute approximate surface area is 188 Å². The Morgan fingerprint density at radius 1 is 1.18 bits per heavy atom. The van der Waals surface area contributed by atoms with E-state index in [4.69, 9.17) is 14.9 Å². The van der Waals surface area contributed by atoms with Crippen molar-refractivity contribution < 1.29 is 33.7 Å². The summed E-state index contributed by atoms with van der Waals surface area (Å²) in [5, 5.41) is 22.9. The van der Waals surface area contributed by atoms with E-state index in [2.05, 4.69) is 10.6 Å². The van der Waals surface area contributed by atoms with Crippen molar-refractivity contribution in [1.82, 2.24) is 5.32 Å². The van der Waals surface area contributed by atoms with Gasteiger partial charge in [0.25, 0.3) is 11.8 Å². The molecule has 33 heavy (non-hydrogen) atoms. The van der Waals surface area contributed by atoms with E-state index in [0.29, 0.717) is 22.6 Å². The van der Waals surface area contributed by atoms with Gasteiger partial charge in [-0.1, -0.05) is 12.1 Å². The van der Waals surface area contributed by atoms with Crippen LogP contribution in [0.5, 0.6) is 0 Å². The van der Waals surface area contributed by atoms with E-state index in [9.17, 15) is 18.8 Å². The number of halogens is 1. The lowest BCUT2D eigenvalue weighted by Crippen LogP contribution is -2.43. The monoisotopic (exact) mass is 452 g/mol. The molecule has 1 atom stereocenters. The number of carboxylic acids is 1. The van der Waals surface area contributed by atoms with Crippen LogP contribution >= 0.6 is 0 Å². The molecule has 0 unspecified atom stereocenters. The first-order valence-corrected chi connectivity index (χ1v) is 10.1. The van der Waals surface area contributed by atoms with Gasteiger partial charge in [0.15, 0.2) is 6.04 Å². The van der Waals surface area contributed by atoms with E-state index in [1.807, 2.05) is 13.8 Å². The van der Waals surface area contributed by atoms with E-state index in [-0.39, 0.29) is 11.5 Å². The number of hydrogen-bond donors (Lipinski definition) is 4. The van der Waals surface area contributed by atoms with E-state index in [0.717, 1.165) is 11.1 Å². The van der Waals surface area contributed by atoms with Crippen LogP contribution in [0.2, 0.25) is 0 Å². The van der Waals surface area contributed by atoms with Crippen molar-refractivity contribution >= 4 is 34.6 Å². The first-order valence-electron chi connectivity index (χ1n) is 10.1. The van der Waals surface area contributed by atoms with Gasteiger partial charge in [0.1, 0.15) is 17.2 Å². The average molecular weight is 452 g/mol. The summed E-state index contributed by atoms with van der Waals surface area (Å²) in [5.41, 5.74) is 2.17. The van der Waals surface area contributed by atoms with Gasteiger partial charge >= 0.3 is 5.97 Å². The van der Waals surface area contributed by atoms with Crippen molar-refractivity contribution in [1.29, 1.82) is 0 Å². The first-order chi connectivity index (χ1) is 15.6. The Bertz CT molecular complexity index is 1230. The molecule has 4 N–H and O–H groups in total. The highest BCUT2D eigenvalue weighted by Gasteiger charge is 2.38. The van der Waals surface area contributed by atoms with Gasteiger partial charge in [-0.05, 0) is 55.8 Å². The van der Waals surface area contributed by atoms with Gasteiger partial charge in [0, 0.05) is 16.7 Å². The van der Waals surface area contributed by atoms with Crippen LogP contribution < -0.4 is 10.6 Å². The zero-order valence-electron chi connectivity index (χ0n) is 17.8. The lowest BCUT2D eigenvalue weighted by atomic mass is 9.91. The van der Waals surface area contributed by atoms with Crippen LogP contribution in [0.25, 0.3) is 11.1 Å². The zero-order chi connectivity index (χ0) is 23.9. The maximum atomic E-state index is 13.5. The van der Waals surface area contributed by atoms with Crippen molar-refractivity contribution in [2.45, 2.75) is 25.5 Å². The van der Waals surface area contributed by atoms with Gasteiger partial charge in [-0.15, -0.1) is 0 Å². The van der Waals surface area contributed by atoms with E-state index in [1.54, 1.807) is 18.2 Å². The predicted octanol–water partition coefficient (Wildman–Crippen LogP) is 2.56. The quantitative estimate of drug-likeness (QED) is 0.517. The number of carboxylic acid groups (broad SMARTS) is 1. The number of nitrogens with one attached hydrogen (secondary N) is 2. The number of amides is 2. The molecule has 0 saturated heterocycles. The molecular weight excluding hydrogens is 431 g/mol. The molecule has 0 spiro atoms. The van der Waals surface area contributed by atoms with Crippen molar-refractivity contribution in [3.05, 3.63) is 76.8 Å². The van der Waals surface area contributed by atoms with Crippen LogP contribution in [0.15, 0.2) is 54.3 Å². The predicted molar refractivity (Wildman–Crippen MR) is 118 cm³/mol. The van der Waals surface area contributed by atoms with Crippen LogP contribution in [0.4, 0.5) is 10.1 Å². The third-order valence-corrected chi connectivity index (χ3v) is 5.51. The van der Waals surface area contributed by atoms with Crippen LogP contribution in [-0.2, 0) is 14.3 Å². The summed E-state index contributed by atoms with van der Waals surface area (Å²) < 4.78 is 19.6. The summed E-state index contributed by atoms with van der Waals surface area (Å²) >= 11 is 0. The number of aliphatic hydroxyl groups excluding tert-OH is 1. The minimum absolute atomic E-state index is 0.223. The van der Waals surface area contributed by atoms with Crippen molar-refractivity contribution in [3.63, 3.8) is 0 Å². The third-order valence-electron chi connectivity index (χ3n) is 5.51. The fourth-order valence-corrected chi connectivity index (χ4v) is 3.84. The number of fused-ring (bicyclic) bond motifs is 1. The fraction of sp³-hybridized carbons (Fsp3) is 0.208. The topological polar surface area (TPSA) is 125 Å². The molecule has 9 heteroatoms. The number of carbonyl (C=O) groups excluding carboxylic acids is 2. The molecule has 0 radical (unpaired) electrons. The number of anilines is 1. The maximum Gasteiger partial charge on any atom is 0.328 e. The van der Waals surface area contributed by atoms with E-state index in [1.165, 1.54) is 30.3 Å². The number of rotatable bonds is 5. The van der Waals surface area contributed by atoms with Gasteiger partial charge in [-0.25, -0.2) is 9.18 Å². The highest BCUT2D eigenvalue weighted by atomic mass is 19.1. The van der Waals surface area contributed by atoms with E-state index >= 15 is 0 Å². The molecule has 0 aromatic heterocycles. The molecule has 170 valence electrons. The smallest absolute Gasteiger partial charge is 0.328 e. The van der Waals surface area contributed by atoms with Gasteiger partial charge in [-0.3, -0.25) is 9.59 Å². The number of hydrogen-bond acceptors (Lipinski definition) is 5. The summed E-state index contributed by atoms with van der Waals surface area (Å²) in [4.78, 5) is 35.8. The Morgan fingerprint density at radius 3 is 2.52 bits per heavy atom. The summed E-state index contributed by atoms with van der Waals surface area (Å²) in [6, 6.07) is 9.09. The number of allylic oxidation sites excluding steroid dienone is 1. The summed E-state index contributed by atoms with van der Waals surface area (Å²) in [5.74, 6) is -2.46. The molecule has 2 aliphatic rings. The SMILES string of the molecule is CC1(C)O/C(=C2/C(=O)Nc3cc(F)ccc32)C=C1c1ccc(C(=O)N[C@H](CO)C(=O)O)cc1. The molecule has 2 heterocycles. The number of aliphatic hydroxyl groups is 1. The van der Waals surface area contributed by atoms with Gasteiger partial charge in [0.2, 0.25) is 0 Å². The normalized spacial score (nSPS) is 19.3. The van der Waals surface area contributed by atoms with Crippen LogP contribution in [0, 0.1) is 5.82 Å². The highest BCUT2D eigenvalue weighted by Crippen LogP contribution is 2.44. The standard InChI is InChI=1S/C24H21FN2O6/c1-24(2)16(12-3-5-13(6-4-12)21(29)27-18(11-28)23(31)32)10-19(33-24)20-15-8-7-14(25)9-17(15)26-22(20)30/h3-10,18,28H,11H2,1-2H3,(H,26,30)(H,27,29)(H,31,32)/b20-19+/t18-/m1/s1. The van der Waals surface area contributed by atoms with Crippen LogP contribution in [0.3, 0.4) is 0 Å². The molecular formula is C24H21FN2O6. The largest absolute Gasteiger partial charge is 0.482 e. The minimum Gasteiger partial charge on any atom is -0.482 e. The molecule has 2 amide bonds. The Balaban J connectivity index is 1.65. The number of benzene rings is 2. The molecule has 0 saturated carbocycles. The van der Waals surface area contributed by atoms with Gasteiger partial charge in [0.05, 0.1) is 17.9 Å². The molecule has 0 fully saturated rings. The molecule has 0 bridgehead atoms. The third kappa shape index (κ3) is 4.10. The van der Waals surface area contributed by atoms with Crippen molar-refractivity contribution in [2.75, 3.05) is 11.9 Å². The first kappa shape index (κ1) is 22.2.